The van der Waals surface area contributed by atoms with Crippen LogP contribution in [0, 0.1) is 11.3 Å². The van der Waals surface area contributed by atoms with Crippen LogP contribution in [-0.4, -0.2) is 25.7 Å². The zero-order valence-corrected chi connectivity index (χ0v) is 12.1. The molecule has 0 heterocycles. The second-order valence-corrected chi connectivity index (χ2v) is 4.24. The van der Waals surface area contributed by atoms with E-state index < -0.39 is 11.9 Å². The standard InChI is InChI=1S/C16H17NO4/c1-3-4-9-21-15(18)13(11-17)10-12-7-5-6-8-14(12)16(19)20-2/h5-8,10H,3-4,9H2,1-2H3/b13-10+. The fourth-order valence-corrected chi connectivity index (χ4v) is 1.60. The molecule has 0 aromatic heterocycles. The lowest BCUT2D eigenvalue weighted by molar-refractivity contribution is -0.138. The van der Waals surface area contributed by atoms with Crippen molar-refractivity contribution in [1.29, 1.82) is 5.26 Å². The molecular formula is C16H17NO4. The maximum atomic E-state index is 11.8. The van der Waals surface area contributed by atoms with Crippen LogP contribution in [0.5, 0.6) is 0 Å². The maximum absolute atomic E-state index is 11.8. The molecule has 0 fully saturated rings. The highest BCUT2D eigenvalue weighted by Crippen LogP contribution is 2.15. The van der Waals surface area contributed by atoms with E-state index in [0.717, 1.165) is 12.8 Å². The molecule has 1 aromatic carbocycles. The van der Waals surface area contributed by atoms with Gasteiger partial charge < -0.3 is 9.47 Å². The van der Waals surface area contributed by atoms with Gasteiger partial charge in [0.05, 0.1) is 19.3 Å². The van der Waals surface area contributed by atoms with Crippen molar-refractivity contribution in [3.8, 4) is 6.07 Å². The largest absolute Gasteiger partial charge is 0.465 e. The van der Waals surface area contributed by atoms with Gasteiger partial charge in [-0.1, -0.05) is 31.5 Å². The van der Waals surface area contributed by atoms with Crippen molar-refractivity contribution in [3.63, 3.8) is 0 Å². The van der Waals surface area contributed by atoms with Gasteiger partial charge in [0.1, 0.15) is 11.6 Å². The number of ether oxygens (including phenoxy) is 2. The first-order chi connectivity index (χ1) is 10.1. The van der Waals surface area contributed by atoms with Gasteiger partial charge in [-0.15, -0.1) is 0 Å². The molecule has 0 spiro atoms. The van der Waals surface area contributed by atoms with Crippen molar-refractivity contribution in [3.05, 3.63) is 41.0 Å². The van der Waals surface area contributed by atoms with Gasteiger partial charge in [0.2, 0.25) is 0 Å². The lowest BCUT2D eigenvalue weighted by Crippen LogP contribution is -2.09. The van der Waals surface area contributed by atoms with Crippen LogP contribution in [0.25, 0.3) is 6.08 Å². The molecule has 0 atom stereocenters. The van der Waals surface area contributed by atoms with Crippen molar-refractivity contribution < 1.29 is 19.1 Å². The third-order valence-corrected chi connectivity index (χ3v) is 2.74. The quantitative estimate of drug-likeness (QED) is 0.348. The first-order valence-corrected chi connectivity index (χ1v) is 6.60. The molecule has 0 amide bonds. The van der Waals surface area contributed by atoms with Crippen LogP contribution in [0.1, 0.15) is 35.7 Å². The summed E-state index contributed by atoms with van der Waals surface area (Å²) in [6.07, 6.45) is 2.97. The van der Waals surface area contributed by atoms with Gasteiger partial charge in [-0.05, 0) is 24.1 Å². The summed E-state index contributed by atoms with van der Waals surface area (Å²) < 4.78 is 9.65. The Morgan fingerprint density at radius 1 is 1.33 bits per heavy atom. The molecular weight excluding hydrogens is 270 g/mol. The lowest BCUT2D eigenvalue weighted by atomic mass is 10.0. The highest BCUT2D eigenvalue weighted by molar-refractivity contribution is 6.01. The first-order valence-electron chi connectivity index (χ1n) is 6.60. The Labute approximate surface area is 123 Å². The summed E-state index contributed by atoms with van der Waals surface area (Å²) in [5, 5.41) is 9.07. The van der Waals surface area contributed by atoms with Crippen molar-refractivity contribution in [1.82, 2.24) is 0 Å². The van der Waals surface area contributed by atoms with Crippen LogP contribution in [0.3, 0.4) is 0 Å². The highest BCUT2D eigenvalue weighted by Gasteiger charge is 2.14. The van der Waals surface area contributed by atoms with E-state index in [1.54, 1.807) is 30.3 Å². The number of nitriles is 1. The number of methoxy groups -OCH3 is 1. The van der Waals surface area contributed by atoms with Gasteiger partial charge in [0.25, 0.3) is 0 Å². The Bertz CT molecular complexity index is 584. The van der Waals surface area contributed by atoms with Crippen molar-refractivity contribution in [2.75, 3.05) is 13.7 Å². The molecule has 0 unspecified atom stereocenters. The Morgan fingerprint density at radius 3 is 2.67 bits per heavy atom. The molecule has 5 nitrogen and oxygen atoms in total. The van der Waals surface area contributed by atoms with E-state index in [2.05, 4.69) is 4.74 Å². The van der Waals surface area contributed by atoms with Crippen LogP contribution in [0.2, 0.25) is 0 Å². The third kappa shape index (κ3) is 4.77. The van der Waals surface area contributed by atoms with Crippen molar-refractivity contribution in [2.45, 2.75) is 19.8 Å². The number of carbonyl (C=O) groups excluding carboxylic acids is 2. The zero-order valence-electron chi connectivity index (χ0n) is 12.1. The smallest absolute Gasteiger partial charge is 0.348 e. The molecule has 0 radical (unpaired) electrons. The minimum atomic E-state index is -0.689. The van der Waals surface area contributed by atoms with Crippen LogP contribution in [0.4, 0.5) is 0 Å². The van der Waals surface area contributed by atoms with Gasteiger partial charge in [0.15, 0.2) is 0 Å². The average molecular weight is 287 g/mol. The van der Waals surface area contributed by atoms with Gasteiger partial charge in [-0.25, -0.2) is 9.59 Å². The summed E-state index contributed by atoms with van der Waals surface area (Å²) in [7, 11) is 1.27. The first kappa shape index (κ1) is 16.4. The monoisotopic (exact) mass is 287 g/mol. The number of esters is 2. The zero-order chi connectivity index (χ0) is 15.7. The Balaban J connectivity index is 3.01. The summed E-state index contributed by atoms with van der Waals surface area (Å²) in [6, 6.07) is 8.37. The summed E-state index contributed by atoms with van der Waals surface area (Å²) in [5.74, 6) is -1.22. The SMILES string of the molecule is CCCCOC(=O)/C(C#N)=C/c1ccccc1C(=O)OC. The molecule has 110 valence electrons. The topological polar surface area (TPSA) is 76.4 Å². The van der Waals surface area contributed by atoms with E-state index >= 15 is 0 Å². The predicted octanol–water partition coefficient (Wildman–Crippen LogP) is 2.72. The number of hydrogen-bond acceptors (Lipinski definition) is 5. The second kappa shape index (κ2) is 8.54. The molecule has 0 aliphatic rings. The van der Waals surface area contributed by atoms with Crippen LogP contribution in [-0.2, 0) is 14.3 Å². The molecule has 0 N–H and O–H groups in total. The predicted molar refractivity (Wildman–Crippen MR) is 77.2 cm³/mol. The fraction of sp³-hybridized carbons (Fsp3) is 0.312. The lowest BCUT2D eigenvalue weighted by Gasteiger charge is -2.05. The van der Waals surface area contributed by atoms with E-state index in [1.165, 1.54) is 13.2 Å². The van der Waals surface area contributed by atoms with Crippen LogP contribution >= 0.6 is 0 Å². The molecule has 0 aliphatic carbocycles. The molecule has 0 saturated carbocycles. The summed E-state index contributed by atoms with van der Waals surface area (Å²) in [6.45, 7) is 2.24. The minimum absolute atomic E-state index is 0.151. The number of carbonyl (C=O) groups is 2. The average Bonchev–Trinajstić information content (AvgIpc) is 2.52. The van der Waals surface area contributed by atoms with Crippen LogP contribution < -0.4 is 0 Å². The van der Waals surface area contributed by atoms with Crippen LogP contribution in [0.15, 0.2) is 29.8 Å². The second-order valence-electron chi connectivity index (χ2n) is 4.24. The summed E-state index contributed by atoms with van der Waals surface area (Å²) in [5.41, 5.74) is 0.574. The van der Waals surface area contributed by atoms with Gasteiger partial charge in [-0.2, -0.15) is 5.26 Å². The summed E-state index contributed by atoms with van der Waals surface area (Å²) >= 11 is 0. The van der Waals surface area contributed by atoms with Gasteiger partial charge >= 0.3 is 11.9 Å². The minimum Gasteiger partial charge on any atom is -0.465 e. The molecule has 0 saturated heterocycles. The van der Waals surface area contributed by atoms with E-state index in [1.807, 2.05) is 6.92 Å². The molecule has 0 aliphatic heterocycles. The van der Waals surface area contributed by atoms with Gasteiger partial charge in [0, 0.05) is 0 Å². The number of benzene rings is 1. The molecule has 1 aromatic rings. The van der Waals surface area contributed by atoms with E-state index in [9.17, 15) is 9.59 Å². The fourth-order valence-electron chi connectivity index (χ4n) is 1.60. The summed E-state index contributed by atoms with van der Waals surface area (Å²) in [4.78, 5) is 23.4. The highest BCUT2D eigenvalue weighted by atomic mass is 16.5. The third-order valence-electron chi connectivity index (χ3n) is 2.74. The Kier molecular flexibility index (Phi) is 6.69. The molecule has 5 heteroatoms. The number of nitrogens with zero attached hydrogens (tertiary/aromatic N) is 1. The number of hydrogen-bond donors (Lipinski definition) is 0. The molecule has 0 bridgehead atoms. The Morgan fingerprint density at radius 2 is 2.05 bits per heavy atom. The van der Waals surface area contributed by atoms with E-state index in [0.29, 0.717) is 5.56 Å². The number of rotatable bonds is 6. The van der Waals surface area contributed by atoms with E-state index in [4.69, 9.17) is 10.00 Å². The number of unbranched alkanes of at least 4 members (excludes halogenated alkanes) is 1. The molecule has 1 rings (SSSR count). The Hall–Kier alpha value is -2.61. The molecule has 21 heavy (non-hydrogen) atoms. The van der Waals surface area contributed by atoms with E-state index in [-0.39, 0.29) is 17.7 Å². The van der Waals surface area contributed by atoms with Gasteiger partial charge in [-0.3, -0.25) is 0 Å². The van der Waals surface area contributed by atoms with Crippen molar-refractivity contribution in [2.24, 2.45) is 0 Å². The normalized spacial score (nSPS) is 10.6. The maximum Gasteiger partial charge on any atom is 0.348 e. The van der Waals surface area contributed by atoms with Crippen molar-refractivity contribution >= 4 is 18.0 Å².